The quantitative estimate of drug-likeness (QED) is 0.107. The molecule has 0 radical (unpaired) electrons. The Morgan fingerprint density at radius 3 is 2.14 bits per heavy atom. The van der Waals surface area contributed by atoms with Crippen molar-refractivity contribution in [2.45, 2.75) is 11.4 Å². The van der Waals surface area contributed by atoms with Crippen LogP contribution in [0, 0.1) is 3.57 Å². The van der Waals surface area contributed by atoms with Gasteiger partial charge in [-0.05, 0) is 55.7 Å². The molecule has 0 saturated carbocycles. The van der Waals surface area contributed by atoms with E-state index in [0.29, 0.717) is 11.2 Å². The second-order valence-corrected chi connectivity index (χ2v) is 8.58. The molecule has 6 heteroatoms. The summed E-state index contributed by atoms with van der Waals surface area (Å²) in [5.74, 6) is -0.334. The van der Waals surface area contributed by atoms with Crippen molar-refractivity contribution >= 4 is 55.3 Å². The van der Waals surface area contributed by atoms with Crippen molar-refractivity contribution in [3.8, 4) is 11.3 Å². The molecular formula is C23H16BrF2IN2. The zero-order valence-corrected chi connectivity index (χ0v) is 18.9. The van der Waals surface area contributed by atoms with Gasteiger partial charge in [0.05, 0.1) is 17.8 Å². The van der Waals surface area contributed by atoms with Crippen LogP contribution in [0.3, 0.4) is 0 Å². The van der Waals surface area contributed by atoms with Crippen LogP contribution in [0.4, 0.5) is 8.78 Å². The van der Waals surface area contributed by atoms with E-state index in [0.717, 1.165) is 20.1 Å². The monoisotopic (exact) mass is 564 g/mol. The molecule has 0 aliphatic rings. The second kappa shape index (κ2) is 8.36. The van der Waals surface area contributed by atoms with Crippen molar-refractivity contribution in [1.82, 2.24) is 4.57 Å². The van der Waals surface area contributed by atoms with Crippen molar-refractivity contribution in [2.75, 3.05) is 0 Å². The zero-order chi connectivity index (χ0) is 20.4. The number of fused-ring (bicyclic) bond motifs is 1. The van der Waals surface area contributed by atoms with E-state index in [4.69, 9.17) is 0 Å². The first kappa shape index (κ1) is 20.2. The summed E-state index contributed by atoms with van der Waals surface area (Å²) in [5, 5.41) is 0.913. The average Bonchev–Trinajstić information content (AvgIpc) is 3.01. The normalized spacial score (nSPS) is 12.5. The fourth-order valence-corrected chi connectivity index (χ4v) is 4.62. The van der Waals surface area contributed by atoms with Crippen LogP contribution in [0.15, 0.2) is 89.9 Å². The fourth-order valence-electron chi connectivity index (χ4n) is 3.31. The van der Waals surface area contributed by atoms with Crippen LogP contribution >= 0.6 is 38.5 Å². The minimum absolute atomic E-state index is 0.161. The number of alkyl halides is 3. The average molecular weight is 565 g/mol. The van der Waals surface area contributed by atoms with Crippen molar-refractivity contribution in [3.05, 3.63) is 94.1 Å². The van der Waals surface area contributed by atoms with Crippen molar-refractivity contribution in [2.24, 2.45) is 4.99 Å². The van der Waals surface area contributed by atoms with Gasteiger partial charge in [-0.1, -0.05) is 78.9 Å². The van der Waals surface area contributed by atoms with E-state index in [2.05, 4.69) is 43.5 Å². The SMILES string of the molecule is FC(F)(Br)C(=NCc1ccccc1)n1c(-c2ccccc2)c(I)c2ccccc21. The van der Waals surface area contributed by atoms with E-state index in [-0.39, 0.29) is 12.4 Å². The standard InChI is InChI=1S/C23H16BrF2IN2/c24-23(25,26)22(28-15-16-9-3-1-4-10-16)29-19-14-8-7-13-18(19)20(27)21(29)17-11-5-2-6-12-17/h1-14H,15H2. The topological polar surface area (TPSA) is 17.3 Å². The van der Waals surface area contributed by atoms with Gasteiger partial charge in [0.2, 0.25) is 0 Å². The Labute approximate surface area is 189 Å². The molecule has 0 N–H and O–H groups in total. The van der Waals surface area contributed by atoms with Crippen LogP contribution in [0.25, 0.3) is 22.2 Å². The van der Waals surface area contributed by atoms with E-state index >= 15 is 0 Å². The Morgan fingerprint density at radius 2 is 1.48 bits per heavy atom. The molecule has 0 spiro atoms. The van der Waals surface area contributed by atoms with Crippen molar-refractivity contribution in [1.29, 1.82) is 0 Å². The maximum atomic E-state index is 14.8. The Balaban J connectivity index is 1.99. The highest BCUT2D eigenvalue weighted by Gasteiger charge is 2.36. The third kappa shape index (κ3) is 4.14. The Kier molecular flexibility index (Phi) is 5.83. The minimum Gasteiger partial charge on any atom is -0.291 e. The number of rotatable bonds is 4. The molecule has 29 heavy (non-hydrogen) atoms. The van der Waals surface area contributed by atoms with Gasteiger partial charge in [0, 0.05) is 8.96 Å². The number of benzene rings is 3. The summed E-state index contributed by atoms with van der Waals surface area (Å²) in [6.07, 6.45) is 0. The predicted octanol–water partition coefficient (Wildman–Crippen LogP) is 7.35. The molecule has 4 rings (SSSR count). The third-order valence-electron chi connectivity index (χ3n) is 4.58. The summed E-state index contributed by atoms with van der Waals surface area (Å²) in [6.45, 7) is 0.161. The molecule has 0 fully saturated rings. The van der Waals surface area contributed by atoms with Crippen molar-refractivity contribution < 1.29 is 8.78 Å². The van der Waals surface area contributed by atoms with Crippen molar-refractivity contribution in [3.63, 3.8) is 0 Å². The van der Waals surface area contributed by atoms with Gasteiger partial charge in [0.1, 0.15) is 0 Å². The Hall–Kier alpha value is -2.06. The highest BCUT2D eigenvalue weighted by atomic mass is 127. The fraction of sp³-hybridized carbons (Fsp3) is 0.0870. The first-order valence-corrected chi connectivity index (χ1v) is 10.8. The molecular weight excluding hydrogens is 549 g/mol. The smallest absolute Gasteiger partial charge is 0.291 e. The van der Waals surface area contributed by atoms with Gasteiger partial charge in [-0.3, -0.25) is 9.56 Å². The third-order valence-corrected chi connectivity index (χ3v) is 6.03. The molecule has 1 heterocycles. The largest absolute Gasteiger partial charge is 0.358 e. The van der Waals surface area contributed by atoms with Gasteiger partial charge in [0.25, 0.3) is 0 Å². The highest BCUT2D eigenvalue weighted by molar-refractivity contribution is 14.1. The summed E-state index contributed by atoms with van der Waals surface area (Å²) in [7, 11) is 0. The summed E-state index contributed by atoms with van der Waals surface area (Å²) in [4.78, 5) is 1.07. The Morgan fingerprint density at radius 1 is 0.897 bits per heavy atom. The lowest BCUT2D eigenvalue weighted by atomic mass is 10.1. The number of aliphatic imine (C=N–C) groups is 1. The van der Waals surface area contributed by atoms with Gasteiger partial charge >= 0.3 is 4.83 Å². The molecule has 0 bridgehead atoms. The van der Waals surface area contributed by atoms with Crippen LogP contribution in [0.5, 0.6) is 0 Å². The first-order valence-electron chi connectivity index (χ1n) is 8.97. The lowest BCUT2D eigenvalue weighted by molar-refractivity contribution is 0.189. The summed E-state index contributed by atoms with van der Waals surface area (Å²) in [5.41, 5.74) is 3.13. The van der Waals surface area contributed by atoms with Gasteiger partial charge in [-0.2, -0.15) is 8.78 Å². The maximum Gasteiger partial charge on any atom is 0.358 e. The van der Waals surface area contributed by atoms with E-state index in [9.17, 15) is 8.78 Å². The summed E-state index contributed by atoms with van der Waals surface area (Å²) in [6, 6.07) is 26.5. The first-order chi connectivity index (χ1) is 14.0. The number of halogens is 4. The molecule has 1 aromatic heterocycles. The van der Waals surface area contributed by atoms with Crippen LogP contribution in [0.1, 0.15) is 5.56 Å². The Bertz CT molecular complexity index is 1170. The molecule has 0 amide bonds. The molecule has 4 aromatic rings. The van der Waals surface area contributed by atoms with Gasteiger partial charge < -0.3 is 0 Å². The molecule has 2 nitrogen and oxygen atoms in total. The molecule has 0 aliphatic heterocycles. The molecule has 0 aliphatic carbocycles. The molecule has 0 unspecified atom stereocenters. The van der Waals surface area contributed by atoms with Crippen LogP contribution in [-0.4, -0.2) is 15.2 Å². The van der Waals surface area contributed by atoms with E-state index in [1.165, 1.54) is 0 Å². The zero-order valence-electron chi connectivity index (χ0n) is 15.2. The molecule has 3 aromatic carbocycles. The minimum atomic E-state index is -3.30. The van der Waals surface area contributed by atoms with Crippen LogP contribution in [0.2, 0.25) is 0 Å². The van der Waals surface area contributed by atoms with Gasteiger partial charge in [0.15, 0.2) is 5.84 Å². The van der Waals surface area contributed by atoms with E-state index in [1.807, 2.05) is 84.9 Å². The molecule has 0 saturated heterocycles. The number of para-hydroxylation sites is 1. The van der Waals surface area contributed by atoms with E-state index in [1.54, 1.807) is 4.57 Å². The molecule has 0 atom stereocenters. The lowest BCUT2D eigenvalue weighted by Crippen LogP contribution is -2.29. The number of hydrogen-bond donors (Lipinski definition) is 0. The maximum absolute atomic E-state index is 14.8. The number of aromatic nitrogens is 1. The summed E-state index contributed by atoms with van der Waals surface area (Å²) < 4.78 is 32.0. The van der Waals surface area contributed by atoms with Crippen LogP contribution < -0.4 is 0 Å². The lowest BCUT2D eigenvalue weighted by Gasteiger charge is -2.18. The van der Waals surface area contributed by atoms with Crippen LogP contribution in [-0.2, 0) is 6.54 Å². The van der Waals surface area contributed by atoms with Gasteiger partial charge in [-0.15, -0.1) is 0 Å². The number of hydrogen-bond acceptors (Lipinski definition) is 1. The predicted molar refractivity (Wildman–Crippen MR) is 127 cm³/mol. The summed E-state index contributed by atoms with van der Waals surface area (Å²) >= 11 is 4.80. The molecule has 146 valence electrons. The highest BCUT2D eigenvalue weighted by Crippen LogP contribution is 2.38. The van der Waals surface area contributed by atoms with E-state index < -0.39 is 4.83 Å². The number of nitrogens with zero attached hydrogens (tertiary/aromatic N) is 2. The van der Waals surface area contributed by atoms with Gasteiger partial charge in [-0.25, -0.2) is 0 Å². The second-order valence-electron chi connectivity index (χ2n) is 6.50.